The van der Waals surface area contributed by atoms with Crippen LogP contribution in [0.2, 0.25) is 0 Å². The Balaban J connectivity index is 1.63. The molecule has 0 saturated carbocycles. The van der Waals surface area contributed by atoms with E-state index < -0.39 is 0 Å². The summed E-state index contributed by atoms with van der Waals surface area (Å²) in [4.78, 5) is 17.1. The molecule has 152 valence electrons. The van der Waals surface area contributed by atoms with Gasteiger partial charge in [0.25, 0.3) is 5.91 Å². The van der Waals surface area contributed by atoms with Crippen LogP contribution in [0.25, 0.3) is 0 Å². The molecule has 0 radical (unpaired) electrons. The van der Waals surface area contributed by atoms with Crippen molar-refractivity contribution in [1.29, 1.82) is 0 Å². The Bertz CT molecular complexity index is 981. The largest absolute Gasteiger partial charge is 0.496 e. The van der Waals surface area contributed by atoms with Crippen molar-refractivity contribution in [2.75, 3.05) is 13.7 Å². The van der Waals surface area contributed by atoms with E-state index in [1.54, 1.807) is 25.4 Å². The summed E-state index contributed by atoms with van der Waals surface area (Å²) >= 11 is 1.51. The molecule has 0 spiro atoms. The van der Waals surface area contributed by atoms with E-state index in [0.29, 0.717) is 29.3 Å². The Labute approximate surface area is 175 Å². The number of hydrogen-bond donors (Lipinski definition) is 1. The molecular weight excluding hydrogens is 386 g/mol. The molecule has 0 bridgehead atoms. The number of amides is 1. The standard InChI is InChI=1S/C22H25N3O3S/c1-14-7-8-20(27-4)17(12-14)9-11-23-21(26)18-6-5-10-24-22(18)29-13-19-15(2)25-28-16(19)3/h5-8,10,12H,9,11,13H2,1-4H3,(H,23,26). The fourth-order valence-corrected chi connectivity index (χ4v) is 4.18. The van der Waals surface area contributed by atoms with Gasteiger partial charge < -0.3 is 14.6 Å². The van der Waals surface area contributed by atoms with Crippen molar-refractivity contribution in [1.82, 2.24) is 15.5 Å². The van der Waals surface area contributed by atoms with E-state index in [1.165, 1.54) is 11.8 Å². The molecule has 3 aromatic rings. The highest BCUT2D eigenvalue weighted by Crippen LogP contribution is 2.27. The summed E-state index contributed by atoms with van der Waals surface area (Å²) in [7, 11) is 1.66. The number of aryl methyl sites for hydroxylation is 3. The van der Waals surface area contributed by atoms with Crippen molar-refractivity contribution < 1.29 is 14.1 Å². The lowest BCUT2D eigenvalue weighted by molar-refractivity contribution is 0.0950. The maximum absolute atomic E-state index is 12.7. The number of hydrogen-bond acceptors (Lipinski definition) is 6. The summed E-state index contributed by atoms with van der Waals surface area (Å²) in [6, 6.07) is 9.62. The average Bonchev–Trinajstić information content (AvgIpc) is 3.04. The number of methoxy groups -OCH3 is 1. The van der Waals surface area contributed by atoms with E-state index in [-0.39, 0.29) is 5.91 Å². The number of carbonyl (C=O) groups excluding carboxylic acids is 1. The molecule has 1 aromatic carbocycles. The molecular formula is C22H25N3O3S. The summed E-state index contributed by atoms with van der Waals surface area (Å²) < 4.78 is 10.6. The van der Waals surface area contributed by atoms with Crippen LogP contribution >= 0.6 is 11.8 Å². The van der Waals surface area contributed by atoms with Crippen molar-refractivity contribution in [3.8, 4) is 5.75 Å². The molecule has 1 N–H and O–H groups in total. The van der Waals surface area contributed by atoms with Crippen LogP contribution in [0.15, 0.2) is 46.1 Å². The lowest BCUT2D eigenvalue weighted by atomic mass is 10.1. The van der Waals surface area contributed by atoms with Gasteiger partial charge in [-0.3, -0.25) is 4.79 Å². The second-order valence-electron chi connectivity index (χ2n) is 6.77. The van der Waals surface area contributed by atoms with Crippen LogP contribution in [-0.2, 0) is 12.2 Å². The number of benzene rings is 1. The highest BCUT2D eigenvalue weighted by Gasteiger charge is 2.15. The monoisotopic (exact) mass is 411 g/mol. The normalized spacial score (nSPS) is 10.8. The van der Waals surface area contributed by atoms with Gasteiger partial charge >= 0.3 is 0 Å². The van der Waals surface area contributed by atoms with Gasteiger partial charge in [-0.25, -0.2) is 4.98 Å². The van der Waals surface area contributed by atoms with E-state index in [1.807, 2.05) is 32.9 Å². The summed E-state index contributed by atoms with van der Waals surface area (Å²) in [5.41, 5.74) is 4.72. The first kappa shape index (κ1) is 20.9. The number of thioether (sulfide) groups is 1. The predicted molar refractivity (Wildman–Crippen MR) is 114 cm³/mol. The maximum Gasteiger partial charge on any atom is 0.254 e. The third kappa shape index (κ3) is 5.17. The highest BCUT2D eigenvalue weighted by molar-refractivity contribution is 7.98. The molecule has 2 aromatic heterocycles. The summed E-state index contributed by atoms with van der Waals surface area (Å²) in [6.45, 7) is 6.36. The third-order valence-electron chi connectivity index (χ3n) is 4.67. The molecule has 2 heterocycles. The highest BCUT2D eigenvalue weighted by atomic mass is 32.2. The zero-order valence-corrected chi connectivity index (χ0v) is 17.9. The molecule has 3 rings (SSSR count). The third-order valence-corrected chi connectivity index (χ3v) is 5.70. The van der Waals surface area contributed by atoms with Crippen LogP contribution in [-0.4, -0.2) is 29.7 Å². The maximum atomic E-state index is 12.7. The number of carbonyl (C=O) groups is 1. The smallest absolute Gasteiger partial charge is 0.254 e. The van der Waals surface area contributed by atoms with Crippen LogP contribution in [0.3, 0.4) is 0 Å². The van der Waals surface area contributed by atoms with E-state index in [2.05, 4.69) is 21.5 Å². The Kier molecular flexibility index (Phi) is 6.93. The lowest BCUT2D eigenvalue weighted by Crippen LogP contribution is -2.26. The van der Waals surface area contributed by atoms with E-state index in [9.17, 15) is 4.79 Å². The average molecular weight is 412 g/mol. The molecule has 6 nitrogen and oxygen atoms in total. The number of aromatic nitrogens is 2. The molecule has 1 amide bonds. The minimum atomic E-state index is -0.133. The molecule has 29 heavy (non-hydrogen) atoms. The van der Waals surface area contributed by atoms with Gasteiger partial charge in [0.05, 0.1) is 18.4 Å². The zero-order valence-electron chi connectivity index (χ0n) is 17.1. The van der Waals surface area contributed by atoms with Crippen molar-refractivity contribution >= 4 is 17.7 Å². The number of ether oxygens (including phenoxy) is 1. The first-order chi connectivity index (χ1) is 14.0. The van der Waals surface area contributed by atoms with Gasteiger partial charge in [0.15, 0.2) is 0 Å². The topological polar surface area (TPSA) is 77.2 Å². The first-order valence-electron chi connectivity index (χ1n) is 9.41. The SMILES string of the molecule is COc1ccc(C)cc1CCNC(=O)c1cccnc1SCc1c(C)noc1C. The molecule has 0 aliphatic heterocycles. The second-order valence-corrected chi connectivity index (χ2v) is 7.73. The Hall–Kier alpha value is -2.80. The molecule has 7 heteroatoms. The van der Waals surface area contributed by atoms with Crippen LogP contribution in [0.1, 0.15) is 38.5 Å². The van der Waals surface area contributed by atoms with Gasteiger partial charge in [-0.2, -0.15) is 0 Å². The second kappa shape index (κ2) is 9.60. The van der Waals surface area contributed by atoms with Gasteiger partial charge in [-0.1, -0.05) is 22.9 Å². The molecule has 0 aliphatic rings. The summed E-state index contributed by atoms with van der Waals surface area (Å²) in [6.07, 6.45) is 2.39. The van der Waals surface area contributed by atoms with Crippen molar-refractivity contribution in [3.63, 3.8) is 0 Å². The predicted octanol–water partition coefficient (Wildman–Crippen LogP) is 4.27. The van der Waals surface area contributed by atoms with E-state index in [0.717, 1.165) is 33.9 Å². The van der Waals surface area contributed by atoms with Gasteiger partial charge in [-0.05, 0) is 51.0 Å². The Morgan fingerprint density at radius 1 is 1.24 bits per heavy atom. The van der Waals surface area contributed by atoms with Gasteiger partial charge in [0.2, 0.25) is 0 Å². The fourth-order valence-electron chi connectivity index (χ4n) is 3.04. The molecule has 0 aliphatic carbocycles. The first-order valence-corrected chi connectivity index (χ1v) is 10.4. The van der Waals surface area contributed by atoms with Gasteiger partial charge in [-0.15, -0.1) is 11.8 Å². The number of nitrogens with zero attached hydrogens (tertiary/aromatic N) is 2. The van der Waals surface area contributed by atoms with Crippen molar-refractivity contribution in [2.45, 2.75) is 38.0 Å². The number of nitrogens with one attached hydrogen (secondary N) is 1. The summed E-state index contributed by atoms with van der Waals surface area (Å²) in [5, 5.41) is 7.67. The summed E-state index contributed by atoms with van der Waals surface area (Å²) in [5.74, 6) is 2.15. The minimum absolute atomic E-state index is 0.133. The van der Waals surface area contributed by atoms with Gasteiger partial charge in [0, 0.05) is 24.1 Å². The molecule has 0 unspecified atom stereocenters. The van der Waals surface area contributed by atoms with Crippen molar-refractivity contribution in [3.05, 3.63) is 70.2 Å². The van der Waals surface area contributed by atoms with Crippen molar-refractivity contribution in [2.24, 2.45) is 0 Å². The zero-order chi connectivity index (χ0) is 20.8. The molecule has 0 saturated heterocycles. The van der Waals surface area contributed by atoms with E-state index >= 15 is 0 Å². The van der Waals surface area contributed by atoms with E-state index in [4.69, 9.17) is 9.26 Å². The minimum Gasteiger partial charge on any atom is -0.496 e. The van der Waals surface area contributed by atoms with Crippen LogP contribution < -0.4 is 10.1 Å². The van der Waals surface area contributed by atoms with Gasteiger partial charge in [0.1, 0.15) is 16.5 Å². The number of pyridine rings is 1. The van der Waals surface area contributed by atoms with Crippen LogP contribution in [0.4, 0.5) is 0 Å². The quantitative estimate of drug-likeness (QED) is 0.558. The Morgan fingerprint density at radius 2 is 2.07 bits per heavy atom. The van der Waals surface area contributed by atoms with Crippen LogP contribution in [0, 0.1) is 20.8 Å². The fraction of sp³-hybridized carbons (Fsp3) is 0.318. The molecule has 0 fully saturated rings. The van der Waals surface area contributed by atoms with Crippen LogP contribution in [0.5, 0.6) is 5.75 Å². The number of rotatable bonds is 8. The lowest BCUT2D eigenvalue weighted by Gasteiger charge is -2.11. The Morgan fingerprint density at radius 3 is 2.79 bits per heavy atom. The molecule has 0 atom stereocenters.